The molecule has 0 aliphatic carbocycles. The number of carbonyl (C=O) groups is 2. The molecule has 5 nitrogen and oxygen atoms in total. The Kier molecular flexibility index (Phi) is 3.82. The van der Waals surface area contributed by atoms with Crippen molar-refractivity contribution >= 4 is 17.6 Å². The summed E-state index contributed by atoms with van der Waals surface area (Å²) in [5, 5.41) is 9.41. The van der Waals surface area contributed by atoms with Gasteiger partial charge in [-0.2, -0.15) is 0 Å². The Balaban J connectivity index is 1.78. The van der Waals surface area contributed by atoms with Gasteiger partial charge >= 0.3 is 5.97 Å². The smallest absolute Gasteiger partial charge is 0.326 e. The number of amides is 1. The lowest BCUT2D eigenvalue weighted by atomic mass is 10.1. The van der Waals surface area contributed by atoms with Crippen LogP contribution in [-0.4, -0.2) is 47.6 Å². The highest BCUT2D eigenvalue weighted by Gasteiger charge is 2.36. The fraction of sp³-hybridized carbons (Fsp3) is 0.500. The average molecular weight is 288 g/mol. The molecule has 0 bridgehead atoms. The Hall–Kier alpha value is -2.04. The van der Waals surface area contributed by atoms with Gasteiger partial charge in [0, 0.05) is 25.2 Å². The Morgan fingerprint density at radius 1 is 1.14 bits per heavy atom. The number of para-hydroxylation sites is 1. The van der Waals surface area contributed by atoms with Crippen molar-refractivity contribution in [1.82, 2.24) is 4.90 Å². The van der Waals surface area contributed by atoms with Gasteiger partial charge < -0.3 is 14.9 Å². The Bertz CT molecular complexity index is 552. The van der Waals surface area contributed by atoms with Gasteiger partial charge in [0.15, 0.2) is 0 Å². The lowest BCUT2D eigenvalue weighted by Crippen LogP contribution is -2.47. The number of piperidine rings is 1. The second-order valence-electron chi connectivity index (χ2n) is 5.76. The van der Waals surface area contributed by atoms with E-state index in [1.807, 2.05) is 29.2 Å². The number of carbonyl (C=O) groups excluding carboxylic acids is 1. The third-order valence-electron chi connectivity index (χ3n) is 4.39. The molecule has 2 aliphatic heterocycles. The lowest BCUT2D eigenvalue weighted by Gasteiger charge is -2.31. The largest absolute Gasteiger partial charge is 0.480 e. The zero-order valence-corrected chi connectivity index (χ0v) is 12.0. The number of hydrogen-bond donors (Lipinski definition) is 1. The van der Waals surface area contributed by atoms with Crippen LogP contribution in [0.3, 0.4) is 0 Å². The van der Waals surface area contributed by atoms with Crippen LogP contribution in [-0.2, 0) is 16.0 Å². The number of anilines is 1. The van der Waals surface area contributed by atoms with Gasteiger partial charge in [-0.15, -0.1) is 0 Å². The van der Waals surface area contributed by atoms with Crippen LogP contribution in [0, 0.1) is 0 Å². The summed E-state index contributed by atoms with van der Waals surface area (Å²) in [5.41, 5.74) is 1.90. The number of carboxylic acid groups (broad SMARTS) is 1. The van der Waals surface area contributed by atoms with E-state index in [0.717, 1.165) is 37.2 Å². The molecule has 0 spiro atoms. The molecule has 1 saturated heterocycles. The molecular formula is C16H20N2O3. The molecule has 3 rings (SSSR count). The van der Waals surface area contributed by atoms with Crippen molar-refractivity contribution in [3.05, 3.63) is 29.8 Å². The molecule has 0 radical (unpaired) electrons. The highest BCUT2D eigenvalue weighted by atomic mass is 16.4. The molecule has 2 aliphatic rings. The zero-order chi connectivity index (χ0) is 14.8. The topological polar surface area (TPSA) is 60.9 Å². The van der Waals surface area contributed by atoms with Crippen molar-refractivity contribution in [3.8, 4) is 0 Å². The Morgan fingerprint density at radius 3 is 2.57 bits per heavy atom. The standard InChI is InChI=1S/C16H20N2O3/c19-15(17-8-4-1-5-9-17)11-18-13-7-3-2-6-12(13)10-14(18)16(20)21/h2-3,6-7,14H,1,4-5,8-11H2,(H,20,21). The van der Waals surface area contributed by atoms with Crippen LogP contribution in [0.2, 0.25) is 0 Å². The molecule has 21 heavy (non-hydrogen) atoms. The maximum Gasteiger partial charge on any atom is 0.326 e. The predicted molar refractivity (Wildman–Crippen MR) is 79.3 cm³/mol. The fourth-order valence-electron chi connectivity index (χ4n) is 3.26. The number of benzene rings is 1. The minimum Gasteiger partial charge on any atom is -0.480 e. The summed E-state index contributed by atoms with van der Waals surface area (Å²) < 4.78 is 0. The zero-order valence-electron chi connectivity index (χ0n) is 12.0. The first-order valence-electron chi connectivity index (χ1n) is 7.52. The maximum atomic E-state index is 12.4. The predicted octanol–water partition coefficient (Wildman–Crippen LogP) is 1.51. The Labute approximate surface area is 124 Å². The molecule has 112 valence electrons. The number of rotatable bonds is 3. The van der Waals surface area contributed by atoms with Gasteiger partial charge in [-0.05, 0) is 30.9 Å². The minimum absolute atomic E-state index is 0.0395. The third kappa shape index (κ3) is 2.73. The average Bonchev–Trinajstić information content (AvgIpc) is 2.87. The first kappa shape index (κ1) is 13.9. The number of likely N-dealkylation sites (tertiary alicyclic amines) is 1. The van der Waals surface area contributed by atoms with Crippen LogP contribution in [0.1, 0.15) is 24.8 Å². The van der Waals surface area contributed by atoms with Crippen LogP contribution < -0.4 is 4.90 Å². The monoisotopic (exact) mass is 288 g/mol. The second-order valence-corrected chi connectivity index (χ2v) is 5.76. The Morgan fingerprint density at radius 2 is 1.86 bits per heavy atom. The van der Waals surface area contributed by atoms with E-state index in [0.29, 0.717) is 6.42 Å². The molecule has 1 unspecified atom stereocenters. The fourth-order valence-corrected chi connectivity index (χ4v) is 3.26. The number of hydrogen-bond acceptors (Lipinski definition) is 3. The molecule has 0 aromatic heterocycles. The van der Waals surface area contributed by atoms with Crippen molar-refractivity contribution in [2.24, 2.45) is 0 Å². The highest BCUT2D eigenvalue weighted by molar-refractivity contribution is 5.88. The quantitative estimate of drug-likeness (QED) is 0.916. The summed E-state index contributed by atoms with van der Waals surface area (Å²) in [6.45, 7) is 1.76. The molecule has 0 saturated carbocycles. The van der Waals surface area contributed by atoms with E-state index in [1.165, 1.54) is 6.42 Å². The van der Waals surface area contributed by atoms with Crippen molar-refractivity contribution in [2.45, 2.75) is 31.7 Å². The molecule has 5 heteroatoms. The van der Waals surface area contributed by atoms with E-state index >= 15 is 0 Å². The number of fused-ring (bicyclic) bond motifs is 1. The van der Waals surface area contributed by atoms with E-state index in [9.17, 15) is 14.7 Å². The van der Waals surface area contributed by atoms with Crippen LogP contribution in [0.4, 0.5) is 5.69 Å². The lowest BCUT2D eigenvalue weighted by molar-refractivity contribution is -0.138. The van der Waals surface area contributed by atoms with Crippen LogP contribution >= 0.6 is 0 Å². The van der Waals surface area contributed by atoms with Gasteiger partial charge in [0.1, 0.15) is 6.04 Å². The van der Waals surface area contributed by atoms with Crippen molar-refractivity contribution in [3.63, 3.8) is 0 Å². The number of aliphatic carboxylic acids is 1. The molecule has 1 atom stereocenters. The maximum absolute atomic E-state index is 12.4. The minimum atomic E-state index is -0.863. The van der Waals surface area contributed by atoms with Crippen LogP contribution in [0.5, 0.6) is 0 Å². The summed E-state index contributed by atoms with van der Waals surface area (Å²) in [7, 11) is 0. The van der Waals surface area contributed by atoms with Crippen molar-refractivity contribution < 1.29 is 14.7 Å². The molecule has 1 fully saturated rings. The third-order valence-corrected chi connectivity index (χ3v) is 4.39. The second kappa shape index (κ2) is 5.76. The van der Waals surface area contributed by atoms with E-state index < -0.39 is 12.0 Å². The summed E-state index contributed by atoms with van der Waals surface area (Å²) in [4.78, 5) is 27.5. The van der Waals surface area contributed by atoms with Crippen LogP contribution in [0.25, 0.3) is 0 Å². The molecule has 2 heterocycles. The molecule has 1 aromatic carbocycles. The highest BCUT2D eigenvalue weighted by Crippen LogP contribution is 2.32. The summed E-state index contributed by atoms with van der Waals surface area (Å²) >= 11 is 0. The van der Waals surface area contributed by atoms with E-state index in [1.54, 1.807) is 4.90 Å². The van der Waals surface area contributed by atoms with Gasteiger partial charge in [-0.25, -0.2) is 4.79 Å². The van der Waals surface area contributed by atoms with E-state index in [-0.39, 0.29) is 12.5 Å². The normalized spacial score (nSPS) is 21.2. The van der Waals surface area contributed by atoms with Crippen molar-refractivity contribution in [1.29, 1.82) is 0 Å². The number of carboxylic acids is 1. The van der Waals surface area contributed by atoms with Gasteiger partial charge in [-0.3, -0.25) is 4.79 Å². The number of nitrogens with zero attached hydrogens (tertiary/aromatic N) is 2. The summed E-state index contributed by atoms with van der Waals surface area (Å²) in [6.07, 6.45) is 3.74. The first-order chi connectivity index (χ1) is 10.2. The van der Waals surface area contributed by atoms with Gasteiger partial charge in [-0.1, -0.05) is 18.2 Å². The first-order valence-corrected chi connectivity index (χ1v) is 7.52. The van der Waals surface area contributed by atoms with E-state index in [2.05, 4.69) is 0 Å². The summed E-state index contributed by atoms with van der Waals surface area (Å²) in [6, 6.07) is 7.02. The van der Waals surface area contributed by atoms with Gasteiger partial charge in [0.05, 0.1) is 6.54 Å². The summed E-state index contributed by atoms with van der Waals surface area (Å²) in [5.74, 6) is -0.824. The van der Waals surface area contributed by atoms with E-state index in [4.69, 9.17) is 0 Å². The SMILES string of the molecule is O=C(O)C1Cc2ccccc2N1CC(=O)N1CCCCC1. The molecular weight excluding hydrogens is 268 g/mol. The van der Waals surface area contributed by atoms with Gasteiger partial charge in [0.2, 0.25) is 5.91 Å². The molecule has 1 N–H and O–H groups in total. The van der Waals surface area contributed by atoms with Crippen molar-refractivity contribution in [2.75, 3.05) is 24.5 Å². The van der Waals surface area contributed by atoms with Crippen LogP contribution in [0.15, 0.2) is 24.3 Å². The molecule has 1 aromatic rings. The van der Waals surface area contributed by atoms with Gasteiger partial charge in [0.25, 0.3) is 0 Å². The molecule has 1 amide bonds.